The Hall–Kier alpha value is -4.51. The van der Waals surface area contributed by atoms with E-state index in [-0.39, 0.29) is 16.8 Å². The number of aromatic carboxylic acids is 1. The first kappa shape index (κ1) is 24.8. The molecule has 4 aromatic heterocycles. The summed E-state index contributed by atoms with van der Waals surface area (Å²) >= 11 is 0. The molecule has 1 saturated heterocycles. The fourth-order valence-corrected chi connectivity index (χ4v) is 5.68. The van der Waals surface area contributed by atoms with Gasteiger partial charge in [-0.3, -0.25) is 4.79 Å². The van der Waals surface area contributed by atoms with Gasteiger partial charge in [0.05, 0.1) is 27.7 Å². The van der Waals surface area contributed by atoms with E-state index in [1.165, 1.54) is 22.9 Å². The van der Waals surface area contributed by atoms with Crippen LogP contribution < -0.4 is 15.6 Å². The maximum atomic E-state index is 14.8. The highest BCUT2D eigenvalue weighted by Crippen LogP contribution is 2.43. The van der Waals surface area contributed by atoms with Gasteiger partial charge in [-0.2, -0.15) is 0 Å². The minimum absolute atomic E-state index is 0.205. The summed E-state index contributed by atoms with van der Waals surface area (Å²) in [4.78, 5) is 41.9. The summed E-state index contributed by atoms with van der Waals surface area (Å²) in [6.45, 7) is 1.54. The van der Waals surface area contributed by atoms with Crippen LogP contribution in [-0.2, 0) is 7.05 Å². The number of H-pyrrole nitrogens is 1. The molecule has 3 N–H and O–H groups in total. The molecule has 39 heavy (non-hydrogen) atoms. The first-order valence-corrected chi connectivity index (χ1v) is 12.6. The van der Waals surface area contributed by atoms with Crippen molar-refractivity contribution < 1.29 is 14.3 Å². The van der Waals surface area contributed by atoms with E-state index in [9.17, 15) is 19.1 Å². The number of aryl methyl sites for hydroxylation is 1. The Kier molecular flexibility index (Phi) is 5.76. The standard InChI is InChI=1S/C28H28FN7O3/c1-30-21-9-15(29)8-17-22-24(36-6-5-16(12-36)34(2)3)19(11-31-26(22)33-23(17)21)14-7-18-25(37)20(28(38)39)13-35(4)27(18)32-10-14/h7-11,13,16,30H,5-6,12H2,1-4H3,(H,31,33)(H,38,39)/t16-/m0/s1. The number of aromatic amines is 1. The van der Waals surface area contributed by atoms with Crippen molar-refractivity contribution in [2.45, 2.75) is 12.5 Å². The number of carboxylic acids is 1. The summed E-state index contributed by atoms with van der Waals surface area (Å²) in [6.07, 6.45) is 5.64. The zero-order valence-corrected chi connectivity index (χ0v) is 22.0. The maximum Gasteiger partial charge on any atom is 0.341 e. The van der Waals surface area contributed by atoms with E-state index < -0.39 is 11.4 Å². The lowest BCUT2D eigenvalue weighted by Gasteiger charge is -2.25. The molecule has 1 aromatic carbocycles. The van der Waals surface area contributed by atoms with Crippen molar-refractivity contribution in [3.05, 3.63) is 58.4 Å². The Bertz CT molecular complexity index is 1860. The highest BCUT2D eigenvalue weighted by atomic mass is 19.1. The molecule has 0 saturated carbocycles. The molecule has 0 unspecified atom stereocenters. The van der Waals surface area contributed by atoms with Crippen molar-refractivity contribution in [2.75, 3.05) is 44.4 Å². The van der Waals surface area contributed by atoms with Crippen LogP contribution in [0.2, 0.25) is 0 Å². The number of carboxylic acid groups (broad SMARTS) is 1. The highest BCUT2D eigenvalue weighted by Gasteiger charge is 2.29. The number of halogens is 1. The van der Waals surface area contributed by atoms with Crippen LogP contribution in [0, 0.1) is 5.82 Å². The Morgan fingerprint density at radius 1 is 1.21 bits per heavy atom. The number of hydrogen-bond donors (Lipinski definition) is 3. The summed E-state index contributed by atoms with van der Waals surface area (Å²) in [6, 6.07) is 4.96. The maximum absolute atomic E-state index is 14.8. The minimum atomic E-state index is -1.29. The Labute approximate surface area is 222 Å². The highest BCUT2D eigenvalue weighted by molar-refractivity contribution is 6.18. The molecule has 1 aliphatic heterocycles. The normalized spacial score (nSPS) is 15.7. The van der Waals surface area contributed by atoms with Crippen molar-refractivity contribution in [2.24, 2.45) is 7.05 Å². The molecule has 0 radical (unpaired) electrons. The van der Waals surface area contributed by atoms with Crippen molar-refractivity contribution in [3.63, 3.8) is 0 Å². The van der Waals surface area contributed by atoms with E-state index >= 15 is 0 Å². The molecule has 1 aliphatic rings. The molecule has 6 rings (SSSR count). The number of rotatable bonds is 5. The van der Waals surface area contributed by atoms with Gasteiger partial charge in [-0.05, 0) is 38.7 Å². The van der Waals surface area contributed by atoms with Crippen LogP contribution in [0.4, 0.5) is 15.8 Å². The molecule has 5 heterocycles. The smallest absolute Gasteiger partial charge is 0.341 e. The topological polar surface area (TPSA) is 119 Å². The summed E-state index contributed by atoms with van der Waals surface area (Å²) in [7, 11) is 7.51. The van der Waals surface area contributed by atoms with Gasteiger partial charge in [0.2, 0.25) is 5.43 Å². The van der Waals surface area contributed by atoms with Crippen LogP contribution in [0.1, 0.15) is 16.8 Å². The number of aromatic nitrogens is 4. The molecule has 11 heteroatoms. The van der Waals surface area contributed by atoms with E-state index in [4.69, 9.17) is 4.98 Å². The van der Waals surface area contributed by atoms with Crippen LogP contribution in [-0.4, -0.2) is 75.8 Å². The molecule has 0 amide bonds. The third kappa shape index (κ3) is 3.88. The van der Waals surface area contributed by atoms with Crippen molar-refractivity contribution in [3.8, 4) is 11.1 Å². The molecular formula is C28H28FN7O3. The largest absolute Gasteiger partial charge is 0.477 e. The lowest BCUT2D eigenvalue weighted by molar-refractivity contribution is 0.0695. The van der Waals surface area contributed by atoms with Crippen LogP contribution in [0.5, 0.6) is 0 Å². The molecule has 5 aromatic rings. The number of nitrogens with one attached hydrogen (secondary N) is 2. The third-order valence-electron chi connectivity index (χ3n) is 7.70. The first-order valence-electron chi connectivity index (χ1n) is 12.6. The SMILES string of the molecule is CNc1cc(F)cc2c1[nH]c1ncc(-c3cnc4c(c3)c(=O)c(C(=O)O)cn4C)c(N3CC[C@H](N(C)C)C3)c12. The number of carbonyl (C=O) groups is 1. The number of anilines is 2. The molecule has 0 aliphatic carbocycles. The molecule has 10 nitrogen and oxygen atoms in total. The van der Waals surface area contributed by atoms with Gasteiger partial charge >= 0.3 is 5.97 Å². The van der Waals surface area contributed by atoms with Crippen LogP contribution in [0.15, 0.2) is 41.6 Å². The van der Waals surface area contributed by atoms with Crippen LogP contribution in [0.3, 0.4) is 0 Å². The monoisotopic (exact) mass is 529 g/mol. The number of pyridine rings is 3. The lowest BCUT2D eigenvalue weighted by Crippen LogP contribution is -2.31. The van der Waals surface area contributed by atoms with Crippen LogP contribution >= 0.6 is 0 Å². The number of nitrogens with zero attached hydrogens (tertiary/aromatic N) is 5. The second-order valence-corrected chi connectivity index (χ2v) is 10.2. The fourth-order valence-electron chi connectivity index (χ4n) is 5.68. The Morgan fingerprint density at radius 3 is 2.69 bits per heavy atom. The average Bonchev–Trinajstić information content (AvgIpc) is 3.55. The number of likely N-dealkylation sites (N-methyl/N-ethyl adjacent to an activating group) is 1. The first-order chi connectivity index (χ1) is 18.7. The van der Waals surface area contributed by atoms with Crippen molar-refractivity contribution in [1.29, 1.82) is 0 Å². The van der Waals surface area contributed by atoms with Gasteiger partial charge in [0.15, 0.2) is 0 Å². The second-order valence-electron chi connectivity index (χ2n) is 10.2. The van der Waals surface area contributed by atoms with E-state index in [0.29, 0.717) is 34.0 Å². The Morgan fingerprint density at radius 2 is 2.00 bits per heavy atom. The Balaban J connectivity index is 1.67. The summed E-state index contributed by atoms with van der Waals surface area (Å²) < 4.78 is 16.3. The average molecular weight is 530 g/mol. The number of hydrogen-bond acceptors (Lipinski definition) is 7. The second kappa shape index (κ2) is 9.05. The molecule has 1 atom stereocenters. The van der Waals surface area contributed by atoms with Crippen molar-refractivity contribution in [1.82, 2.24) is 24.4 Å². The van der Waals surface area contributed by atoms with E-state index in [2.05, 4.69) is 39.2 Å². The zero-order chi connectivity index (χ0) is 27.6. The summed E-state index contributed by atoms with van der Waals surface area (Å²) in [5.41, 5.74) is 3.69. The molecule has 200 valence electrons. The molecular weight excluding hydrogens is 501 g/mol. The number of fused-ring (bicyclic) bond motifs is 4. The number of benzene rings is 1. The summed E-state index contributed by atoms with van der Waals surface area (Å²) in [5, 5.41) is 14.3. The van der Waals surface area contributed by atoms with Gasteiger partial charge in [-0.25, -0.2) is 19.2 Å². The van der Waals surface area contributed by atoms with Gasteiger partial charge in [-0.15, -0.1) is 0 Å². The molecule has 0 bridgehead atoms. The van der Waals surface area contributed by atoms with Gasteiger partial charge in [-0.1, -0.05) is 0 Å². The fraction of sp³-hybridized carbons (Fsp3) is 0.286. The minimum Gasteiger partial charge on any atom is -0.477 e. The van der Waals surface area contributed by atoms with E-state index in [0.717, 1.165) is 41.7 Å². The van der Waals surface area contributed by atoms with Crippen molar-refractivity contribution >= 4 is 50.3 Å². The molecule has 1 fully saturated rings. The van der Waals surface area contributed by atoms with Gasteiger partial charge in [0.1, 0.15) is 22.7 Å². The van der Waals surface area contributed by atoms with Gasteiger partial charge in [0.25, 0.3) is 0 Å². The van der Waals surface area contributed by atoms with E-state index in [1.54, 1.807) is 32.6 Å². The van der Waals surface area contributed by atoms with Crippen LogP contribution in [0.25, 0.3) is 44.1 Å². The van der Waals surface area contributed by atoms with Gasteiger partial charge < -0.3 is 29.8 Å². The van der Waals surface area contributed by atoms with Gasteiger partial charge in [0, 0.05) is 68.3 Å². The lowest BCUT2D eigenvalue weighted by atomic mass is 10.0. The van der Waals surface area contributed by atoms with E-state index in [1.807, 2.05) is 0 Å². The predicted octanol–water partition coefficient (Wildman–Crippen LogP) is 3.65. The quantitative estimate of drug-likeness (QED) is 0.316. The third-order valence-corrected chi connectivity index (χ3v) is 7.70. The molecule has 0 spiro atoms. The summed E-state index contributed by atoms with van der Waals surface area (Å²) in [5.74, 6) is -1.66. The zero-order valence-electron chi connectivity index (χ0n) is 22.0. The predicted molar refractivity (Wildman–Crippen MR) is 150 cm³/mol.